The van der Waals surface area contributed by atoms with Crippen molar-refractivity contribution in [1.82, 2.24) is 9.55 Å². The third-order valence-electron chi connectivity index (χ3n) is 1.27. The second-order valence-electron chi connectivity index (χ2n) is 1.81. The van der Waals surface area contributed by atoms with Gasteiger partial charge in [-0.25, -0.2) is 4.98 Å². The molecule has 0 aliphatic rings. The third kappa shape index (κ3) is 1.11. The predicted octanol–water partition coefficient (Wildman–Crippen LogP) is 1.48. The Morgan fingerprint density at radius 1 is 1.90 bits per heavy atom. The summed E-state index contributed by atoms with van der Waals surface area (Å²) in [6.07, 6.45) is 2.34. The Morgan fingerprint density at radius 3 is 3.00 bits per heavy atom. The van der Waals surface area contributed by atoms with Crippen molar-refractivity contribution in [3.8, 4) is 0 Å². The van der Waals surface area contributed by atoms with E-state index >= 15 is 0 Å². The smallest absolute Gasteiger partial charge is 0.177 e. The van der Waals surface area contributed by atoms with E-state index in [1.54, 1.807) is 10.8 Å². The molecule has 0 fully saturated rings. The molecule has 1 rings (SSSR count). The van der Waals surface area contributed by atoms with Crippen molar-refractivity contribution in [2.75, 3.05) is 0 Å². The fourth-order valence-corrected chi connectivity index (χ4v) is 1.33. The number of rotatable bonds is 2. The van der Waals surface area contributed by atoms with Gasteiger partial charge in [-0.2, -0.15) is 0 Å². The number of carbonyl (C=O) groups excluding carboxylic acids is 1. The van der Waals surface area contributed by atoms with Crippen molar-refractivity contribution >= 4 is 22.2 Å². The van der Waals surface area contributed by atoms with Crippen molar-refractivity contribution in [1.29, 1.82) is 0 Å². The van der Waals surface area contributed by atoms with Gasteiger partial charge in [0.25, 0.3) is 0 Å². The van der Waals surface area contributed by atoms with Crippen LogP contribution in [0.3, 0.4) is 0 Å². The molecule has 10 heavy (non-hydrogen) atoms. The van der Waals surface area contributed by atoms with Crippen LogP contribution in [-0.4, -0.2) is 15.8 Å². The molecular formula is C6H7BrN2O. The molecule has 1 aromatic rings. The summed E-state index contributed by atoms with van der Waals surface area (Å²) in [6.45, 7) is 2.72. The van der Waals surface area contributed by atoms with Gasteiger partial charge >= 0.3 is 0 Å². The van der Waals surface area contributed by atoms with E-state index < -0.39 is 0 Å². The van der Waals surface area contributed by atoms with Crippen LogP contribution in [0.15, 0.2) is 10.9 Å². The molecule has 0 unspecified atom stereocenters. The topological polar surface area (TPSA) is 34.9 Å². The van der Waals surface area contributed by atoms with E-state index in [1.807, 2.05) is 6.92 Å². The normalized spacial score (nSPS) is 9.80. The van der Waals surface area contributed by atoms with Gasteiger partial charge in [-0.05, 0) is 22.9 Å². The lowest BCUT2D eigenvalue weighted by Gasteiger charge is -1.98. The summed E-state index contributed by atoms with van der Waals surface area (Å²) in [5.41, 5.74) is 0.606. The van der Waals surface area contributed by atoms with Crippen LogP contribution in [0.4, 0.5) is 0 Å². The Kier molecular flexibility index (Phi) is 2.21. The quantitative estimate of drug-likeness (QED) is 0.682. The molecule has 3 nitrogen and oxygen atoms in total. The Balaban J connectivity index is 3.12. The molecule has 0 aromatic carbocycles. The Morgan fingerprint density at radius 2 is 2.60 bits per heavy atom. The molecule has 0 N–H and O–H groups in total. The molecule has 1 heterocycles. The van der Waals surface area contributed by atoms with Crippen LogP contribution in [0, 0.1) is 0 Å². The first-order valence-corrected chi connectivity index (χ1v) is 3.75. The summed E-state index contributed by atoms with van der Waals surface area (Å²) in [4.78, 5) is 14.2. The first-order valence-electron chi connectivity index (χ1n) is 2.95. The van der Waals surface area contributed by atoms with Crippen LogP contribution in [0.1, 0.15) is 17.4 Å². The highest BCUT2D eigenvalue weighted by Crippen LogP contribution is 2.09. The minimum atomic E-state index is 0.606. The average molecular weight is 203 g/mol. The van der Waals surface area contributed by atoms with Crippen molar-refractivity contribution in [3.05, 3.63) is 16.6 Å². The van der Waals surface area contributed by atoms with Crippen LogP contribution in [0.5, 0.6) is 0 Å². The molecule has 4 heteroatoms. The summed E-state index contributed by atoms with van der Waals surface area (Å²) in [7, 11) is 0. The number of imidazole rings is 1. The highest BCUT2D eigenvalue weighted by atomic mass is 79.9. The SMILES string of the molecule is CCn1c(C=O)cnc1Br. The largest absolute Gasteiger partial charge is 0.317 e. The van der Waals surface area contributed by atoms with E-state index in [4.69, 9.17) is 0 Å². The standard InChI is InChI=1S/C6H7BrN2O/c1-2-9-5(4-10)3-8-6(9)7/h3-4H,2H2,1H3. The lowest BCUT2D eigenvalue weighted by Crippen LogP contribution is -1.98. The second-order valence-corrected chi connectivity index (χ2v) is 2.52. The summed E-state index contributed by atoms with van der Waals surface area (Å²) in [6, 6.07) is 0. The van der Waals surface area contributed by atoms with E-state index in [1.165, 1.54) is 0 Å². The molecule has 0 aliphatic carbocycles. The molecule has 0 radical (unpaired) electrons. The maximum absolute atomic E-state index is 10.3. The minimum absolute atomic E-state index is 0.606. The van der Waals surface area contributed by atoms with Crippen molar-refractivity contribution < 1.29 is 4.79 Å². The van der Waals surface area contributed by atoms with E-state index in [0.717, 1.165) is 12.8 Å². The van der Waals surface area contributed by atoms with Gasteiger partial charge in [0.1, 0.15) is 5.69 Å². The zero-order chi connectivity index (χ0) is 7.56. The van der Waals surface area contributed by atoms with Gasteiger partial charge in [0, 0.05) is 6.54 Å². The van der Waals surface area contributed by atoms with Gasteiger partial charge in [-0.15, -0.1) is 0 Å². The minimum Gasteiger partial charge on any atom is -0.317 e. The van der Waals surface area contributed by atoms with E-state index in [2.05, 4.69) is 20.9 Å². The lowest BCUT2D eigenvalue weighted by atomic mass is 10.5. The number of hydrogen-bond donors (Lipinski definition) is 0. The van der Waals surface area contributed by atoms with Crippen LogP contribution in [0.25, 0.3) is 0 Å². The number of hydrogen-bond acceptors (Lipinski definition) is 2. The van der Waals surface area contributed by atoms with Crippen LogP contribution in [0.2, 0.25) is 0 Å². The predicted molar refractivity (Wildman–Crippen MR) is 41.0 cm³/mol. The van der Waals surface area contributed by atoms with Crippen molar-refractivity contribution in [2.24, 2.45) is 0 Å². The van der Waals surface area contributed by atoms with Crippen LogP contribution < -0.4 is 0 Å². The number of aromatic nitrogens is 2. The van der Waals surface area contributed by atoms with Crippen molar-refractivity contribution in [2.45, 2.75) is 13.5 Å². The molecule has 0 spiro atoms. The molecule has 0 aliphatic heterocycles. The molecule has 0 saturated heterocycles. The summed E-state index contributed by atoms with van der Waals surface area (Å²) in [5.74, 6) is 0. The summed E-state index contributed by atoms with van der Waals surface area (Å²) >= 11 is 3.21. The molecule has 0 bridgehead atoms. The van der Waals surface area contributed by atoms with Gasteiger partial charge in [-0.3, -0.25) is 4.79 Å². The van der Waals surface area contributed by atoms with Crippen molar-refractivity contribution in [3.63, 3.8) is 0 Å². The summed E-state index contributed by atoms with van der Waals surface area (Å²) in [5, 5.41) is 0. The molecular weight excluding hydrogens is 196 g/mol. The number of nitrogens with zero attached hydrogens (tertiary/aromatic N) is 2. The maximum atomic E-state index is 10.3. The van der Waals surface area contributed by atoms with Gasteiger partial charge in [0.15, 0.2) is 11.0 Å². The molecule has 54 valence electrons. The summed E-state index contributed by atoms with van der Waals surface area (Å²) < 4.78 is 2.49. The van der Waals surface area contributed by atoms with Crippen LogP contribution >= 0.6 is 15.9 Å². The Bertz CT molecular complexity index is 244. The van der Waals surface area contributed by atoms with E-state index in [9.17, 15) is 4.79 Å². The zero-order valence-electron chi connectivity index (χ0n) is 5.54. The zero-order valence-corrected chi connectivity index (χ0v) is 7.13. The fraction of sp³-hybridized carbons (Fsp3) is 0.333. The number of aldehydes is 1. The maximum Gasteiger partial charge on any atom is 0.177 e. The average Bonchev–Trinajstić information content (AvgIpc) is 2.30. The highest BCUT2D eigenvalue weighted by molar-refractivity contribution is 9.10. The van der Waals surface area contributed by atoms with E-state index in [0.29, 0.717) is 10.4 Å². The fourth-order valence-electron chi connectivity index (χ4n) is 0.772. The highest BCUT2D eigenvalue weighted by Gasteiger charge is 2.02. The molecule has 1 aromatic heterocycles. The van der Waals surface area contributed by atoms with Gasteiger partial charge in [0.2, 0.25) is 0 Å². The Hall–Kier alpha value is -0.640. The molecule has 0 saturated carbocycles. The van der Waals surface area contributed by atoms with E-state index in [-0.39, 0.29) is 0 Å². The Labute approximate surface area is 67.2 Å². The van der Waals surface area contributed by atoms with Gasteiger partial charge in [-0.1, -0.05) is 0 Å². The second kappa shape index (κ2) is 2.96. The molecule has 0 amide bonds. The monoisotopic (exact) mass is 202 g/mol. The first-order chi connectivity index (χ1) is 4.79. The number of halogens is 1. The van der Waals surface area contributed by atoms with Crippen LogP contribution in [-0.2, 0) is 6.54 Å². The van der Waals surface area contributed by atoms with Gasteiger partial charge in [0.05, 0.1) is 6.20 Å². The molecule has 0 atom stereocenters. The first kappa shape index (κ1) is 7.47. The van der Waals surface area contributed by atoms with Gasteiger partial charge < -0.3 is 4.57 Å². The third-order valence-corrected chi connectivity index (χ3v) is 1.91. The number of carbonyl (C=O) groups is 1. The lowest BCUT2D eigenvalue weighted by molar-refractivity contribution is 0.111.